The third kappa shape index (κ3) is 6.67. The molecule has 17 heavy (non-hydrogen) atoms. The third-order valence-corrected chi connectivity index (χ3v) is 1.95. The molecule has 0 heterocycles. The van der Waals surface area contributed by atoms with Crippen LogP contribution in [0.5, 0.6) is 0 Å². The first-order valence-electron chi connectivity index (χ1n) is 5.11. The van der Waals surface area contributed by atoms with Crippen molar-refractivity contribution < 1.29 is 27.0 Å². The monoisotopic (exact) mass is 270 g/mol. The summed E-state index contributed by atoms with van der Waals surface area (Å²) in [6.45, 7) is 1.42. The molecule has 2 nitrogen and oxygen atoms in total. The molecule has 1 aromatic rings. The first-order valence-corrected chi connectivity index (χ1v) is 5.11. The van der Waals surface area contributed by atoms with Gasteiger partial charge in [-0.2, -0.15) is 18.2 Å². The van der Waals surface area contributed by atoms with Crippen LogP contribution in [0.3, 0.4) is 0 Å². The van der Waals surface area contributed by atoms with E-state index in [0.29, 0.717) is 5.57 Å². The molecule has 0 aromatic heterocycles. The van der Waals surface area contributed by atoms with Gasteiger partial charge in [0.2, 0.25) is 0 Å². The third-order valence-electron chi connectivity index (χ3n) is 1.95. The molecule has 2 rings (SSSR count). The molecule has 0 unspecified atom stereocenters. The second-order valence-electron chi connectivity index (χ2n) is 3.44. The van der Waals surface area contributed by atoms with E-state index in [0.717, 1.165) is 0 Å². The maximum Gasteiger partial charge on any atom is 2.00 e. The minimum Gasteiger partial charge on any atom is -0.875 e. The van der Waals surface area contributed by atoms with Crippen molar-refractivity contribution in [2.45, 2.75) is 13.3 Å². The molecule has 0 fully saturated rings. The SMILES string of the molecule is CC(=O)CC([O-])=C1C=CC=C1.[Fe+2].c1cc[cH-]c1. The van der Waals surface area contributed by atoms with E-state index in [-0.39, 0.29) is 35.0 Å². The van der Waals surface area contributed by atoms with Crippen molar-refractivity contribution >= 4 is 5.78 Å². The van der Waals surface area contributed by atoms with Gasteiger partial charge in [0.15, 0.2) is 0 Å². The van der Waals surface area contributed by atoms with E-state index in [1.165, 1.54) is 6.92 Å². The number of allylic oxidation sites excluding steroid dienone is 6. The Hall–Kier alpha value is -1.44. The smallest absolute Gasteiger partial charge is 0.875 e. The molecular weight excluding hydrogens is 256 g/mol. The van der Waals surface area contributed by atoms with Crippen LogP contribution < -0.4 is 5.11 Å². The summed E-state index contributed by atoms with van der Waals surface area (Å²) in [4.78, 5) is 10.5. The Balaban J connectivity index is 0.000000360. The van der Waals surface area contributed by atoms with E-state index in [9.17, 15) is 9.90 Å². The van der Waals surface area contributed by atoms with Crippen LogP contribution in [0.1, 0.15) is 13.3 Å². The number of ketones is 1. The molecule has 1 aliphatic rings. The van der Waals surface area contributed by atoms with Gasteiger partial charge in [-0.15, -0.1) is 5.76 Å². The molecule has 1 aliphatic carbocycles. The van der Waals surface area contributed by atoms with Crippen molar-refractivity contribution in [3.63, 3.8) is 0 Å². The van der Waals surface area contributed by atoms with Crippen LogP contribution in [0.2, 0.25) is 0 Å². The Morgan fingerprint density at radius 3 is 2.12 bits per heavy atom. The summed E-state index contributed by atoms with van der Waals surface area (Å²) in [5.74, 6) is -0.182. The molecule has 0 atom stereocenters. The maximum absolute atomic E-state index is 11.1. The average molecular weight is 270 g/mol. The Morgan fingerprint density at radius 2 is 1.76 bits per heavy atom. The Bertz CT molecular complexity index is 380. The summed E-state index contributed by atoms with van der Waals surface area (Å²) in [5, 5.41) is 11.1. The zero-order chi connectivity index (χ0) is 11.8. The second kappa shape index (κ2) is 8.68. The van der Waals surface area contributed by atoms with Crippen molar-refractivity contribution in [3.8, 4) is 0 Å². The summed E-state index contributed by atoms with van der Waals surface area (Å²) >= 11 is 0. The molecule has 0 amide bonds. The zero-order valence-electron chi connectivity index (χ0n) is 9.57. The Morgan fingerprint density at radius 1 is 1.24 bits per heavy atom. The topological polar surface area (TPSA) is 40.1 Å². The zero-order valence-corrected chi connectivity index (χ0v) is 10.7. The van der Waals surface area contributed by atoms with Gasteiger partial charge < -0.3 is 5.11 Å². The molecular formula is C14H14FeO2. The van der Waals surface area contributed by atoms with Crippen molar-refractivity contribution in [2.24, 2.45) is 0 Å². The van der Waals surface area contributed by atoms with Gasteiger partial charge in [-0.3, -0.25) is 4.79 Å². The standard InChI is InChI=1S/C9H10O2.C5H5.Fe/c1-7(10)6-9(11)8-4-2-3-5-8;1-2-4-5-3-1;/h2-5,11H,6H2,1H3;1-5H;/q;-1;+2/p-1. The number of carbonyl (C=O) groups is 1. The molecule has 0 saturated carbocycles. The fourth-order valence-corrected chi connectivity index (χ4v) is 1.21. The van der Waals surface area contributed by atoms with Crippen molar-refractivity contribution in [1.29, 1.82) is 0 Å². The molecule has 0 saturated heterocycles. The van der Waals surface area contributed by atoms with Crippen LogP contribution in [-0.2, 0) is 21.9 Å². The summed E-state index contributed by atoms with van der Waals surface area (Å²) in [6, 6.07) is 10.0. The first-order chi connectivity index (χ1) is 7.70. The van der Waals surface area contributed by atoms with Gasteiger partial charge in [-0.05, 0) is 12.5 Å². The molecule has 90 valence electrons. The van der Waals surface area contributed by atoms with Gasteiger partial charge in [0.1, 0.15) is 5.78 Å². The van der Waals surface area contributed by atoms with Crippen LogP contribution in [0.15, 0.2) is 66.0 Å². The van der Waals surface area contributed by atoms with Crippen LogP contribution >= 0.6 is 0 Å². The normalized spacial score (nSPS) is 11.5. The van der Waals surface area contributed by atoms with Crippen molar-refractivity contribution in [1.82, 2.24) is 0 Å². The number of rotatable bonds is 2. The summed E-state index contributed by atoms with van der Waals surface area (Å²) in [7, 11) is 0. The summed E-state index contributed by atoms with van der Waals surface area (Å²) < 4.78 is 0. The van der Waals surface area contributed by atoms with E-state index in [4.69, 9.17) is 0 Å². The molecule has 0 radical (unpaired) electrons. The van der Waals surface area contributed by atoms with Crippen molar-refractivity contribution in [3.05, 3.63) is 66.0 Å². The second-order valence-corrected chi connectivity index (χ2v) is 3.44. The largest absolute Gasteiger partial charge is 2.00 e. The fourth-order valence-electron chi connectivity index (χ4n) is 1.21. The number of carbonyl (C=O) groups excluding carboxylic acids is 1. The van der Waals surface area contributed by atoms with Crippen molar-refractivity contribution in [2.75, 3.05) is 0 Å². The van der Waals surface area contributed by atoms with Crippen LogP contribution in [0.4, 0.5) is 0 Å². The van der Waals surface area contributed by atoms with Crippen LogP contribution in [-0.4, -0.2) is 5.78 Å². The molecule has 0 aliphatic heterocycles. The minimum absolute atomic E-state index is 0. The van der Waals surface area contributed by atoms with Gasteiger partial charge in [0.05, 0.1) is 0 Å². The summed E-state index contributed by atoms with van der Waals surface area (Å²) in [5.41, 5.74) is 0.625. The van der Waals surface area contributed by atoms with Gasteiger partial charge in [-0.1, -0.05) is 24.3 Å². The number of hydrogen-bond donors (Lipinski definition) is 0. The maximum atomic E-state index is 11.1. The molecule has 0 bridgehead atoms. The van der Waals surface area contributed by atoms with E-state index >= 15 is 0 Å². The Kier molecular flexibility index (Phi) is 7.95. The minimum atomic E-state index is -0.0949. The van der Waals surface area contributed by atoms with Crippen LogP contribution in [0.25, 0.3) is 0 Å². The van der Waals surface area contributed by atoms with E-state index < -0.39 is 0 Å². The number of Topliss-reactive ketones (excluding diaryl/α,β-unsaturated/α-hetero) is 1. The summed E-state index contributed by atoms with van der Waals surface area (Å²) in [6.07, 6.45) is 7.02. The van der Waals surface area contributed by atoms with Gasteiger partial charge in [0, 0.05) is 6.42 Å². The molecule has 3 heteroatoms. The van der Waals surface area contributed by atoms with E-state index in [2.05, 4.69) is 0 Å². The van der Waals surface area contributed by atoms with Crippen LogP contribution in [0, 0.1) is 0 Å². The van der Waals surface area contributed by atoms with Gasteiger partial charge in [0.25, 0.3) is 0 Å². The average Bonchev–Trinajstić information content (AvgIpc) is 2.94. The fraction of sp³-hybridized carbons (Fsp3) is 0.143. The Labute approximate surface area is 112 Å². The van der Waals surface area contributed by atoms with Gasteiger partial charge in [-0.25, -0.2) is 12.1 Å². The quantitative estimate of drug-likeness (QED) is 0.469. The molecule has 1 aromatic carbocycles. The first kappa shape index (κ1) is 15.6. The number of hydrogen-bond acceptors (Lipinski definition) is 2. The van der Waals surface area contributed by atoms with Gasteiger partial charge >= 0.3 is 17.1 Å². The van der Waals surface area contributed by atoms with E-state index in [1.54, 1.807) is 24.3 Å². The molecule has 0 N–H and O–H groups in total. The predicted octanol–water partition coefficient (Wildman–Crippen LogP) is 2.11. The predicted molar refractivity (Wildman–Crippen MR) is 62.6 cm³/mol. The van der Waals surface area contributed by atoms with E-state index in [1.807, 2.05) is 30.3 Å². The molecule has 0 spiro atoms.